The molecule has 0 aliphatic carbocycles. The molecule has 1 aliphatic heterocycles. The number of carbonyl (C=O) groups excluding carboxylic acids is 1. The van der Waals surface area contributed by atoms with Gasteiger partial charge in [0, 0.05) is 13.1 Å². The predicted octanol–water partition coefficient (Wildman–Crippen LogP) is 0.226. The van der Waals surface area contributed by atoms with Gasteiger partial charge in [0.25, 0.3) is 5.91 Å². The van der Waals surface area contributed by atoms with Crippen LogP contribution in [0.25, 0.3) is 0 Å². The first-order valence-electron chi connectivity index (χ1n) is 5.52. The molecular formula is C12H15NO4. The number of phenolic OH excluding ortho intramolecular Hbond substituents is 1. The molecule has 0 spiro atoms. The number of rotatable bonds is 2. The van der Waals surface area contributed by atoms with E-state index in [1.165, 1.54) is 6.07 Å². The number of carbonyl (C=O) groups is 1. The van der Waals surface area contributed by atoms with Gasteiger partial charge < -0.3 is 19.8 Å². The lowest BCUT2D eigenvalue weighted by molar-refractivity contribution is -0.0447. The van der Waals surface area contributed by atoms with E-state index in [2.05, 4.69) is 0 Å². The monoisotopic (exact) mass is 237 g/mol. The van der Waals surface area contributed by atoms with Crippen LogP contribution in [0.2, 0.25) is 0 Å². The standard InChI is InChI=1S/C12H15NO4/c14-8-9-7-13(5-6-17-9)12(16)10-3-1-2-4-11(10)15/h1-4,9,14-15H,5-8H2. The lowest BCUT2D eigenvalue weighted by Crippen LogP contribution is -2.46. The molecule has 1 aliphatic rings. The largest absolute Gasteiger partial charge is 0.507 e. The summed E-state index contributed by atoms with van der Waals surface area (Å²) in [7, 11) is 0. The van der Waals surface area contributed by atoms with Crippen molar-refractivity contribution in [3.8, 4) is 5.75 Å². The number of morpholine rings is 1. The van der Waals surface area contributed by atoms with Gasteiger partial charge in [0.05, 0.1) is 24.9 Å². The van der Waals surface area contributed by atoms with Gasteiger partial charge in [-0.2, -0.15) is 0 Å². The lowest BCUT2D eigenvalue weighted by Gasteiger charge is -2.32. The maximum absolute atomic E-state index is 12.1. The minimum Gasteiger partial charge on any atom is -0.507 e. The molecule has 1 amide bonds. The topological polar surface area (TPSA) is 70.0 Å². The number of aliphatic hydroxyl groups is 1. The van der Waals surface area contributed by atoms with Crippen molar-refractivity contribution in [2.75, 3.05) is 26.3 Å². The third kappa shape index (κ3) is 2.57. The first-order chi connectivity index (χ1) is 8.22. The zero-order valence-electron chi connectivity index (χ0n) is 9.37. The Hall–Kier alpha value is -1.59. The van der Waals surface area contributed by atoms with Crippen LogP contribution in [-0.2, 0) is 4.74 Å². The molecule has 1 heterocycles. The number of hydrogen-bond donors (Lipinski definition) is 2. The van der Waals surface area contributed by atoms with E-state index in [0.29, 0.717) is 19.7 Å². The second kappa shape index (κ2) is 5.16. The summed E-state index contributed by atoms with van der Waals surface area (Å²) >= 11 is 0. The van der Waals surface area contributed by atoms with Gasteiger partial charge in [0.1, 0.15) is 5.75 Å². The minimum absolute atomic E-state index is 0.0236. The van der Waals surface area contributed by atoms with Gasteiger partial charge in [-0.05, 0) is 12.1 Å². The summed E-state index contributed by atoms with van der Waals surface area (Å²) < 4.78 is 5.27. The molecule has 1 saturated heterocycles. The number of benzene rings is 1. The molecule has 0 radical (unpaired) electrons. The van der Waals surface area contributed by atoms with E-state index in [4.69, 9.17) is 9.84 Å². The molecular weight excluding hydrogens is 222 g/mol. The maximum Gasteiger partial charge on any atom is 0.257 e. The molecule has 92 valence electrons. The number of ether oxygens (including phenoxy) is 1. The van der Waals surface area contributed by atoms with Gasteiger partial charge >= 0.3 is 0 Å². The van der Waals surface area contributed by atoms with Gasteiger partial charge in [0.2, 0.25) is 0 Å². The Labute approximate surface area is 99.2 Å². The summed E-state index contributed by atoms with van der Waals surface area (Å²) in [4.78, 5) is 13.7. The fourth-order valence-corrected chi connectivity index (χ4v) is 1.84. The Balaban J connectivity index is 2.12. The number of amides is 1. The van der Waals surface area contributed by atoms with Crippen molar-refractivity contribution in [2.45, 2.75) is 6.10 Å². The van der Waals surface area contributed by atoms with Crippen molar-refractivity contribution in [3.05, 3.63) is 29.8 Å². The average molecular weight is 237 g/mol. The Morgan fingerprint density at radius 3 is 2.94 bits per heavy atom. The van der Waals surface area contributed by atoms with Crippen LogP contribution in [0.3, 0.4) is 0 Å². The molecule has 17 heavy (non-hydrogen) atoms. The van der Waals surface area contributed by atoms with Crippen molar-refractivity contribution < 1.29 is 19.7 Å². The molecule has 0 aromatic heterocycles. The zero-order chi connectivity index (χ0) is 12.3. The minimum atomic E-state index is -0.335. The second-order valence-electron chi connectivity index (χ2n) is 3.94. The number of phenols is 1. The molecule has 5 nitrogen and oxygen atoms in total. The molecule has 1 atom stereocenters. The van der Waals surface area contributed by atoms with Crippen molar-refractivity contribution in [3.63, 3.8) is 0 Å². The summed E-state index contributed by atoms with van der Waals surface area (Å²) in [6, 6.07) is 6.44. The third-order valence-electron chi connectivity index (χ3n) is 2.76. The molecule has 0 bridgehead atoms. The van der Waals surface area contributed by atoms with Crippen LogP contribution in [0.5, 0.6) is 5.75 Å². The van der Waals surface area contributed by atoms with Gasteiger partial charge in [-0.25, -0.2) is 0 Å². The molecule has 1 aromatic carbocycles. The lowest BCUT2D eigenvalue weighted by atomic mass is 10.1. The molecule has 2 rings (SSSR count). The fraction of sp³-hybridized carbons (Fsp3) is 0.417. The normalized spacial score (nSPS) is 20.3. The summed E-state index contributed by atoms with van der Waals surface area (Å²) in [5.74, 6) is -0.255. The molecule has 1 aromatic rings. The van der Waals surface area contributed by atoms with Gasteiger partial charge in [-0.15, -0.1) is 0 Å². The molecule has 1 unspecified atom stereocenters. The van der Waals surface area contributed by atoms with E-state index >= 15 is 0 Å². The van der Waals surface area contributed by atoms with Crippen LogP contribution in [0.1, 0.15) is 10.4 Å². The van der Waals surface area contributed by atoms with Gasteiger partial charge in [0.15, 0.2) is 0 Å². The number of hydrogen-bond acceptors (Lipinski definition) is 4. The van der Waals surface area contributed by atoms with E-state index in [9.17, 15) is 9.90 Å². The first-order valence-corrected chi connectivity index (χ1v) is 5.52. The highest BCUT2D eigenvalue weighted by atomic mass is 16.5. The van der Waals surface area contributed by atoms with Crippen molar-refractivity contribution in [1.82, 2.24) is 4.90 Å². The van der Waals surface area contributed by atoms with Gasteiger partial charge in [-0.3, -0.25) is 4.79 Å². The van der Waals surface area contributed by atoms with Crippen LogP contribution in [0.15, 0.2) is 24.3 Å². The summed E-state index contributed by atoms with van der Waals surface area (Å²) in [6.45, 7) is 1.13. The number of nitrogens with zero attached hydrogens (tertiary/aromatic N) is 1. The Kier molecular flexibility index (Phi) is 3.61. The molecule has 1 fully saturated rings. The summed E-state index contributed by atoms with van der Waals surface area (Å²) in [6.07, 6.45) is -0.335. The maximum atomic E-state index is 12.1. The second-order valence-corrected chi connectivity index (χ2v) is 3.94. The zero-order valence-corrected chi connectivity index (χ0v) is 9.37. The predicted molar refractivity (Wildman–Crippen MR) is 60.8 cm³/mol. The third-order valence-corrected chi connectivity index (χ3v) is 2.76. The summed E-state index contributed by atoms with van der Waals surface area (Å²) in [5, 5.41) is 18.6. The molecule has 0 saturated carbocycles. The number of para-hydroxylation sites is 1. The number of aliphatic hydroxyl groups excluding tert-OH is 1. The summed E-state index contributed by atoms with van der Waals surface area (Å²) in [5.41, 5.74) is 0.283. The Morgan fingerprint density at radius 1 is 1.47 bits per heavy atom. The highest BCUT2D eigenvalue weighted by Crippen LogP contribution is 2.19. The fourth-order valence-electron chi connectivity index (χ4n) is 1.84. The smallest absolute Gasteiger partial charge is 0.257 e. The highest BCUT2D eigenvalue weighted by Gasteiger charge is 2.25. The SMILES string of the molecule is O=C(c1ccccc1O)N1CCOC(CO)C1. The van der Waals surface area contributed by atoms with Crippen LogP contribution in [0, 0.1) is 0 Å². The Morgan fingerprint density at radius 2 is 2.24 bits per heavy atom. The van der Waals surface area contributed by atoms with Crippen LogP contribution in [-0.4, -0.2) is 53.4 Å². The van der Waals surface area contributed by atoms with E-state index in [-0.39, 0.29) is 29.9 Å². The molecule has 5 heteroatoms. The van der Waals surface area contributed by atoms with E-state index in [0.717, 1.165) is 0 Å². The van der Waals surface area contributed by atoms with Crippen molar-refractivity contribution in [2.24, 2.45) is 0 Å². The van der Waals surface area contributed by atoms with Crippen molar-refractivity contribution in [1.29, 1.82) is 0 Å². The van der Waals surface area contributed by atoms with E-state index in [1.54, 1.807) is 23.1 Å². The van der Waals surface area contributed by atoms with E-state index in [1.807, 2.05) is 0 Å². The average Bonchev–Trinajstić information content (AvgIpc) is 2.38. The van der Waals surface area contributed by atoms with Crippen LogP contribution >= 0.6 is 0 Å². The van der Waals surface area contributed by atoms with Crippen LogP contribution in [0.4, 0.5) is 0 Å². The van der Waals surface area contributed by atoms with Crippen molar-refractivity contribution >= 4 is 5.91 Å². The highest BCUT2D eigenvalue weighted by molar-refractivity contribution is 5.96. The Bertz CT molecular complexity index is 407. The molecule has 2 N–H and O–H groups in total. The van der Waals surface area contributed by atoms with E-state index < -0.39 is 0 Å². The van der Waals surface area contributed by atoms with Gasteiger partial charge in [-0.1, -0.05) is 12.1 Å². The quantitative estimate of drug-likeness (QED) is 0.772. The number of aromatic hydroxyl groups is 1. The van der Waals surface area contributed by atoms with Crippen LogP contribution < -0.4 is 0 Å². The first kappa shape index (κ1) is 11.9.